The van der Waals surface area contributed by atoms with Gasteiger partial charge in [-0.05, 0) is 55.5 Å². The lowest BCUT2D eigenvalue weighted by Gasteiger charge is -2.08. The van der Waals surface area contributed by atoms with Gasteiger partial charge in [0, 0.05) is 16.6 Å². The number of carbonyl (C=O) groups is 2. The number of ether oxygens (including phenoxy) is 1. The van der Waals surface area contributed by atoms with E-state index in [0.717, 1.165) is 0 Å². The van der Waals surface area contributed by atoms with Gasteiger partial charge in [-0.1, -0.05) is 30.3 Å². The molecule has 0 bridgehead atoms. The van der Waals surface area contributed by atoms with Crippen molar-refractivity contribution in [3.05, 3.63) is 90.2 Å². The molecular weight excluding hydrogens is 380 g/mol. The monoisotopic (exact) mass is 400 g/mol. The van der Waals surface area contributed by atoms with Gasteiger partial charge in [-0.15, -0.1) is 0 Å². The number of benzene rings is 3. The first-order chi connectivity index (χ1) is 14.7. The number of furan rings is 1. The third-order valence-corrected chi connectivity index (χ3v) is 4.50. The Morgan fingerprint density at radius 3 is 2.27 bits per heavy atom. The Kier molecular flexibility index (Phi) is 5.48. The third-order valence-electron chi connectivity index (χ3n) is 4.50. The van der Waals surface area contributed by atoms with E-state index in [0.29, 0.717) is 40.3 Å². The van der Waals surface area contributed by atoms with Crippen LogP contribution in [-0.4, -0.2) is 18.4 Å². The van der Waals surface area contributed by atoms with Gasteiger partial charge in [0.05, 0.1) is 6.61 Å². The highest BCUT2D eigenvalue weighted by atomic mass is 16.5. The summed E-state index contributed by atoms with van der Waals surface area (Å²) < 4.78 is 11.2. The van der Waals surface area contributed by atoms with Crippen molar-refractivity contribution in [3.8, 4) is 5.75 Å². The SMILES string of the molecule is CCOc1ccc(C(=O)Nc2c(C(=O)Nc3ccccc3)oc3ccccc23)cc1. The minimum atomic E-state index is -0.445. The van der Waals surface area contributed by atoms with Crippen molar-refractivity contribution in [2.75, 3.05) is 17.2 Å². The van der Waals surface area contributed by atoms with Crippen LogP contribution in [0, 0.1) is 0 Å². The van der Waals surface area contributed by atoms with E-state index in [2.05, 4.69) is 10.6 Å². The number of amides is 2. The first-order valence-electron chi connectivity index (χ1n) is 9.58. The summed E-state index contributed by atoms with van der Waals surface area (Å²) >= 11 is 0. The second-order valence-electron chi connectivity index (χ2n) is 6.53. The standard InChI is InChI=1S/C24H20N2O4/c1-2-29-18-14-12-16(13-15-18)23(27)26-21-19-10-6-7-11-20(19)30-22(21)24(28)25-17-8-4-3-5-9-17/h3-15H,2H2,1H3,(H,25,28)(H,26,27). The van der Waals surface area contributed by atoms with Crippen LogP contribution >= 0.6 is 0 Å². The molecule has 0 fully saturated rings. The Morgan fingerprint density at radius 1 is 0.833 bits per heavy atom. The van der Waals surface area contributed by atoms with Crippen LogP contribution in [0.3, 0.4) is 0 Å². The largest absolute Gasteiger partial charge is 0.494 e. The summed E-state index contributed by atoms with van der Waals surface area (Å²) in [6, 6.07) is 23.0. The predicted molar refractivity (Wildman–Crippen MR) is 116 cm³/mol. The summed E-state index contributed by atoms with van der Waals surface area (Å²) in [5.74, 6) is -0.0668. The second kappa shape index (κ2) is 8.53. The molecule has 0 radical (unpaired) electrons. The highest BCUT2D eigenvalue weighted by molar-refractivity contribution is 6.16. The fourth-order valence-corrected chi connectivity index (χ4v) is 3.09. The molecular formula is C24H20N2O4. The average molecular weight is 400 g/mol. The molecule has 0 saturated heterocycles. The topological polar surface area (TPSA) is 80.6 Å². The molecule has 150 valence electrons. The van der Waals surface area contributed by atoms with E-state index in [4.69, 9.17) is 9.15 Å². The van der Waals surface area contributed by atoms with Crippen LogP contribution in [0.1, 0.15) is 27.8 Å². The molecule has 30 heavy (non-hydrogen) atoms. The number of para-hydroxylation sites is 2. The van der Waals surface area contributed by atoms with Crippen LogP contribution in [0.2, 0.25) is 0 Å². The highest BCUT2D eigenvalue weighted by Crippen LogP contribution is 2.32. The lowest BCUT2D eigenvalue weighted by atomic mass is 10.1. The van der Waals surface area contributed by atoms with E-state index < -0.39 is 5.91 Å². The maximum Gasteiger partial charge on any atom is 0.293 e. The van der Waals surface area contributed by atoms with Gasteiger partial charge in [0.2, 0.25) is 5.76 Å². The van der Waals surface area contributed by atoms with E-state index >= 15 is 0 Å². The van der Waals surface area contributed by atoms with Crippen molar-refractivity contribution >= 4 is 34.2 Å². The van der Waals surface area contributed by atoms with Crippen molar-refractivity contribution in [3.63, 3.8) is 0 Å². The molecule has 6 heteroatoms. The molecule has 0 aliphatic heterocycles. The van der Waals surface area contributed by atoms with Crippen LogP contribution < -0.4 is 15.4 Å². The van der Waals surface area contributed by atoms with Crippen LogP contribution in [0.15, 0.2) is 83.3 Å². The Hall–Kier alpha value is -4.06. The van der Waals surface area contributed by atoms with Crippen LogP contribution in [0.4, 0.5) is 11.4 Å². The molecule has 1 heterocycles. The Morgan fingerprint density at radius 2 is 1.53 bits per heavy atom. The summed E-state index contributed by atoms with van der Waals surface area (Å²) in [6.45, 7) is 2.44. The number of fused-ring (bicyclic) bond motifs is 1. The second-order valence-corrected chi connectivity index (χ2v) is 6.53. The minimum absolute atomic E-state index is 0.0411. The highest BCUT2D eigenvalue weighted by Gasteiger charge is 2.23. The molecule has 2 N–H and O–H groups in total. The molecule has 2 amide bonds. The van der Waals surface area contributed by atoms with Gasteiger partial charge in [-0.25, -0.2) is 0 Å². The predicted octanol–water partition coefficient (Wildman–Crippen LogP) is 5.34. The van der Waals surface area contributed by atoms with Gasteiger partial charge in [-0.2, -0.15) is 0 Å². The molecule has 3 aromatic carbocycles. The normalized spacial score (nSPS) is 10.6. The fourth-order valence-electron chi connectivity index (χ4n) is 3.09. The van der Waals surface area contributed by atoms with Gasteiger partial charge in [0.25, 0.3) is 11.8 Å². The number of nitrogens with one attached hydrogen (secondary N) is 2. The first-order valence-corrected chi connectivity index (χ1v) is 9.58. The molecule has 1 aromatic heterocycles. The number of hydrogen-bond donors (Lipinski definition) is 2. The first kappa shape index (κ1) is 19.3. The van der Waals surface area contributed by atoms with Crippen LogP contribution in [0.5, 0.6) is 5.75 Å². The molecule has 4 rings (SSSR count). The van der Waals surface area contributed by atoms with Crippen molar-refractivity contribution in [1.29, 1.82) is 0 Å². The zero-order valence-corrected chi connectivity index (χ0v) is 16.3. The molecule has 4 aromatic rings. The van der Waals surface area contributed by atoms with E-state index in [9.17, 15) is 9.59 Å². The Bertz CT molecular complexity index is 1180. The Balaban J connectivity index is 1.64. The zero-order valence-electron chi connectivity index (χ0n) is 16.3. The molecule has 6 nitrogen and oxygen atoms in total. The van der Waals surface area contributed by atoms with Gasteiger partial charge in [-0.3, -0.25) is 9.59 Å². The molecule has 0 unspecified atom stereocenters. The third kappa shape index (κ3) is 4.03. The number of carbonyl (C=O) groups excluding carboxylic acids is 2. The zero-order chi connectivity index (χ0) is 20.9. The van der Waals surface area contributed by atoms with Gasteiger partial charge in [0.1, 0.15) is 17.0 Å². The van der Waals surface area contributed by atoms with E-state index in [-0.39, 0.29) is 11.7 Å². The van der Waals surface area contributed by atoms with Crippen LogP contribution in [0.25, 0.3) is 11.0 Å². The van der Waals surface area contributed by atoms with Crippen molar-refractivity contribution in [2.24, 2.45) is 0 Å². The summed E-state index contributed by atoms with van der Waals surface area (Å²) in [7, 11) is 0. The lowest BCUT2D eigenvalue weighted by Crippen LogP contribution is -2.17. The maximum absolute atomic E-state index is 12.9. The van der Waals surface area contributed by atoms with Crippen molar-refractivity contribution < 1.29 is 18.7 Å². The summed E-state index contributed by atoms with van der Waals surface area (Å²) in [5.41, 5.74) is 1.92. The van der Waals surface area contributed by atoms with E-state index in [1.807, 2.05) is 37.3 Å². The molecule has 0 atom stereocenters. The quantitative estimate of drug-likeness (QED) is 0.458. The number of rotatable bonds is 6. The Labute approximate surface area is 173 Å². The summed E-state index contributed by atoms with van der Waals surface area (Å²) in [5, 5.41) is 6.28. The number of hydrogen-bond acceptors (Lipinski definition) is 4. The minimum Gasteiger partial charge on any atom is -0.494 e. The number of anilines is 2. The molecule has 0 spiro atoms. The fraction of sp³-hybridized carbons (Fsp3) is 0.0833. The molecule has 0 aliphatic rings. The van der Waals surface area contributed by atoms with Gasteiger partial charge < -0.3 is 19.8 Å². The average Bonchev–Trinajstić information content (AvgIpc) is 3.14. The van der Waals surface area contributed by atoms with Gasteiger partial charge in [0.15, 0.2) is 0 Å². The van der Waals surface area contributed by atoms with Gasteiger partial charge >= 0.3 is 0 Å². The van der Waals surface area contributed by atoms with Crippen molar-refractivity contribution in [2.45, 2.75) is 6.92 Å². The summed E-state index contributed by atoms with van der Waals surface area (Å²) in [4.78, 5) is 25.7. The van der Waals surface area contributed by atoms with E-state index in [1.165, 1.54) is 0 Å². The lowest BCUT2D eigenvalue weighted by molar-refractivity contribution is 0.0999. The van der Waals surface area contributed by atoms with Crippen molar-refractivity contribution in [1.82, 2.24) is 0 Å². The molecule has 0 saturated carbocycles. The summed E-state index contributed by atoms with van der Waals surface area (Å²) in [6.07, 6.45) is 0. The van der Waals surface area contributed by atoms with Crippen LogP contribution in [-0.2, 0) is 0 Å². The molecule has 0 aliphatic carbocycles. The maximum atomic E-state index is 12.9. The van der Waals surface area contributed by atoms with E-state index in [1.54, 1.807) is 48.5 Å². The smallest absolute Gasteiger partial charge is 0.293 e.